The molecule has 0 aliphatic rings. The molecule has 0 radical (unpaired) electrons. The van der Waals surface area contributed by atoms with Crippen molar-refractivity contribution >= 4 is 17.5 Å². The molecular weight excluding hydrogens is 231 g/mol. The van der Waals surface area contributed by atoms with Gasteiger partial charge in [-0.25, -0.2) is 4.39 Å². The highest BCUT2D eigenvalue weighted by molar-refractivity contribution is 6.31. The van der Waals surface area contributed by atoms with Gasteiger partial charge in [-0.3, -0.25) is 4.79 Å². The largest absolute Gasteiger partial charge is 0.368 e. The zero-order chi connectivity index (χ0) is 12.1. The SMILES string of the molecule is CCCNC(C(N)=O)c1ccc(F)cc1Cl. The molecule has 3 N–H and O–H groups in total. The second-order valence-corrected chi connectivity index (χ2v) is 3.86. The first-order valence-corrected chi connectivity index (χ1v) is 5.41. The number of amides is 1. The van der Waals surface area contributed by atoms with Gasteiger partial charge in [-0.15, -0.1) is 0 Å². The van der Waals surface area contributed by atoms with Crippen molar-refractivity contribution in [3.05, 3.63) is 34.6 Å². The predicted octanol–water partition coefficient (Wildman–Crippen LogP) is 2.01. The number of primary amides is 1. The molecule has 3 nitrogen and oxygen atoms in total. The molecule has 0 spiro atoms. The first-order chi connectivity index (χ1) is 7.56. The van der Waals surface area contributed by atoms with Gasteiger partial charge in [-0.1, -0.05) is 24.6 Å². The summed E-state index contributed by atoms with van der Waals surface area (Å²) in [5, 5.41) is 3.17. The molecule has 0 heterocycles. The zero-order valence-electron chi connectivity index (χ0n) is 8.97. The van der Waals surface area contributed by atoms with E-state index < -0.39 is 17.8 Å². The van der Waals surface area contributed by atoms with Gasteiger partial charge in [-0.05, 0) is 30.7 Å². The van der Waals surface area contributed by atoms with E-state index in [4.69, 9.17) is 17.3 Å². The molecule has 0 saturated carbocycles. The van der Waals surface area contributed by atoms with Crippen LogP contribution in [0.2, 0.25) is 5.02 Å². The van der Waals surface area contributed by atoms with Crippen molar-refractivity contribution in [3.63, 3.8) is 0 Å². The third kappa shape index (κ3) is 3.18. The van der Waals surface area contributed by atoms with Gasteiger partial charge in [-0.2, -0.15) is 0 Å². The molecule has 5 heteroatoms. The summed E-state index contributed by atoms with van der Waals surface area (Å²) >= 11 is 5.86. The molecule has 0 aliphatic carbocycles. The van der Waals surface area contributed by atoms with Crippen molar-refractivity contribution in [1.82, 2.24) is 5.32 Å². The van der Waals surface area contributed by atoms with Crippen molar-refractivity contribution < 1.29 is 9.18 Å². The van der Waals surface area contributed by atoms with E-state index in [1.54, 1.807) is 0 Å². The van der Waals surface area contributed by atoms with Crippen LogP contribution in [0.1, 0.15) is 24.9 Å². The molecule has 1 aromatic rings. The lowest BCUT2D eigenvalue weighted by atomic mass is 10.1. The van der Waals surface area contributed by atoms with Crippen molar-refractivity contribution in [3.8, 4) is 0 Å². The highest BCUT2D eigenvalue weighted by atomic mass is 35.5. The Bertz CT molecular complexity index is 384. The summed E-state index contributed by atoms with van der Waals surface area (Å²) in [4.78, 5) is 11.3. The van der Waals surface area contributed by atoms with Gasteiger partial charge < -0.3 is 11.1 Å². The van der Waals surface area contributed by atoms with Crippen LogP contribution in [0, 0.1) is 5.82 Å². The number of nitrogens with one attached hydrogen (secondary N) is 1. The predicted molar refractivity (Wildman–Crippen MR) is 61.6 cm³/mol. The summed E-state index contributed by atoms with van der Waals surface area (Å²) in [6, 6.07) is 3.22. The van der Waals surface area contributed by atoms with E-state index in [0.29, 0.717) is 12.1 Å². The Morgan fingerprint density at radius 3 is 2.81 bits per heavy atom. The van der Waals surface area contributed by atoms with Crippen molar-refractivity contribution in [2.75, 3.05) is 6.54 Å². The van der Waals surface area contributed by atoms with E-state index in [1.807, 2.05) is 6.92 Å². The molecule has 0 aliphatic heterocycles. The molecule has 88 valence electrons. The fourth-order valence-corrected chi connectivity index (χ4v) is 1.66. The second-order valence-electron chi connectivity index (χ2n) is 3.46. The van der Waals surface area contributed by atoms with Crippen LogP contribution in [0.3, 0.4) is 0 Å². The number of hydrogen-bond donors (Lipinski definition) is 2. The van der Waals surface area contributed by atoms with Crippen LogP contribution in [0.25, 0.3) is 0 Å². The van der Waals surface area contributed by atoms with Crippen LogP contribution in [0.4, 0.5) is 4.39 Å². The maximum atomic E-state index is 12.8. The van der Waals surface area contributed by atoms with Gasteiger partial charge >= 0.3 is 0 Å². The lowest BCUT2D eigenvalue weighted by Crippen LogP contribution is -2.34. The molecule has 1 unspecified atom stereocenters. The fraction of sp³-hybridized carbons (Fsp3) is 0.364. The molecule has 16 heavy (non-hydrogen) atoms. The third-order valence-electron chi connectivity index (χ3n) is 2.16. The maximum absolute atomic E-state index is 12.8. The van der Waals surface area contributed by atoms with Crippen LogP contribution < -0.4 is 11.1 Å². The summed E-state index contributed by atoms with van der Waals surface area (Å²) in [5.74, 6) is -0.963. The Morgan fingerprint density at radius 2 is 2.31 bits per heavy atom. The van der Waals surface area contributed by atoms with Crippen LogP contribution in [-0.4, -0.2) is 12.5 Å². The summed E-state index contributed by atoms with van der Waals surface area (Å²) in [7, 11) is 0. The van der Waals surface area contributed by atoms with E-state index >= 15 is 0 Å². The molecular formula is C11H14ClFN2O. The summed E-state index contributed by atoms with van der Waals surface area (Å²) in [6.07, 6.45) is 0.864. The van der Waals surface area contributed by atoms with Crippen LogP contribution >= 0.6 is 11.6 Å². The fourth-order valence-electron chi connectivity index (χ4n) is 1.39. The third-order valence-corrected chi connectivity index (χ3v) is 2.48. The highest BCUT2D eigenvalue weighted by Crippen LogP contribution is 2.23. The normalized spacial score (nSPS) is 12.4. The monoisotopic (exact) mass is 244 g/mol. The van der Waals surface area contributed by atoms with Crippen molar-refractivity contribution in [1.29, 1.82) is 0 Å². The minimum atomic E-state index is -0.673. The Hall–Kier alpha value is -1.13. The van der Waals surface area contributed by atoms with Crippen molar-refractivity contribution in [2.24, 2.45) is 5.73 Å². The smallest absolute Gasteiger partial charge is 0.239 e. The lowest BCUT2D eigenvalue weighted by Gasteiger charge is -2.16. The molecule has 1 rings (SSSR count). The van der Waals surface area contributed by atoms with Crippen molar-refractivity contribution in [2.45, 2.75) is 19.4 Å². The molecule has 0 saturated heterocycles. The Labute approximate surface area is 98.8 Å². The summed E-state index contributed by atoms with van der Waals surface area (Å²) in [6.45, 7) is 2.61. The van der Waals surface area contributed by atoms with Gasteiger partial charge in [0.25, 0.3) is 0 Å². The van der Waals surface area contributed by atoms with Crippen LogP contribution in [0.15, 0.2) is 18.2 Å². The van der Waals surface area contributed by atoms with Gasteiger partial charge in [0.15, 0.2) is 0 Å². The average molecular weight is 245 g/mol. The maximum Gasteiger partial charge on any atom is 0.239 e. The van der Waals surface area contributed by atoms with Gasteiger partial charge in [0, 0.05) is 5.02 Å². The molecule has 1 atom stereocenters. The summed E-state index contributed by atoms with van der Waals surface area (Å²) in [5.41, 5.74) is 5.77. The Balaban J connectivity index is 2.96. The molecule has 1 aromatic carbocycles. The van der Waals surface area contributed by atoms with Crippen LogP contribution in [0.5, 0.6) is 0 Å². The number of hydrogen-bond acceptors (Lipinski definition) is 2. The molecule has 1 amide bonds. The topological polar surface area (TPSA) is 55.1 Å². The molecule has 0 aromatic heterocycles. The highest BCUT2D eigenvalue weighted by Gasteiger charge is 2.19. The molecule has 0 bridgehead atoms. The lowest BCUT2D eigenvalue weighted by molar-refractivity contribution is -0.120. The minimum absolute atomic E-state index is 0.201. The number of nitrogens with two attached hydrogens (primary N) is 1. The number of carbonyl (C=O) groups is 1. The van der Waals surface area contributed by atoms with E-state index in [1.165, 1.54) is 18.2 Å². The number of carbonyl (C=O) groups excluding carboxylic acids is 1. The van der Waals surface area contributed by atoms with Gasteiger partial charge in [0.2, 0.25) is 5.91 Å². The number of rotatable bonds is 5. The standard InChI is InChI=1S/C11H14ClFN2O/c1-2-5-15-10(11(14)16)8-4-3-7(13)6-9(8)12/h3-4,6,10,15H,2,5H2,1H3,(H2,14,16). The average Bonchev–Trinajstić information content (AvgIpc) is 2.20. The number of halogens is 2. The quantitative estimate of drug-likeness (QED) is 0.833. The van der Waals surface area contributed by atoms with E-state index in [-0.39, 0.29) is 5.02 Å². The van der Waals surface area contributed by atoms with Crippen LogP contribution in [-0.2, 0) is 4.79 Å². The Kier molecular flexibility index (Phi) is 4.71. The first-order valence-electron chi connectivity index (χ1n) is 5.04. The van der Waals surface area contributed by atoms with E-state index in [0.717, 1.165) is 6.42 Å². The molecule has 0 fully saturated rings. The summed E-state index contributed by atoms with van der Waals surface area (Å²) < 4.78 is 12.8. The van der Waals surface area contributed by atoms with E-state index in [2.05, 4.69) is 5.32 Å². The zero-order valence-corrected chi connectivity index (χ0v) is 9.72. The van der Waals surface area contributed by atoms with Gasteiger partial charge in [0.05, 0.1) is 0 Å². The second kappa shape index (κ2) is 5.82. The number of benzene rings is 1. The van der Waals surface area contributed by atoms with E-state index in [9.17, 15) is 9.18 Å². The minimum Gasteiger partial charge on any atom is -0.368 e. The Morgan fingerprint density at radius 1 is 1.62 bits per heavy atom. The first kappa shape index (κ1) is 12.9. The van der Waals surface area contributed by atoms with Gasteiger partial charge in [0.1, 0.15) is 11.9 Å².